The van der Waals surface area contributed by atoms with Gasteiger partial charge in [-0.1, -0.05) is 0 Å². The van der Waals surface area contributed by atoms with Crippen LogP contribution < -0.4 is 15.4 Å². The third kappa shape index (κ3) is 4.89. The minimum absolute atomic E-state index is 0.0395. The molecule has 1 aliphatic heterocycles. The number of aryl methyl sites for hydroxylation is 1. The summed E-state index contributed by atoms with van der Waals surface area (Å²) in [5, 5.41) is 0. The van der Waals surface area contributed by atoms with Crippen LogP contribution in [0.25, 0.3) is 0 Å². The Balaban J connectivity index is 1.97. The second kappa shape index (κ2) is 6.66. The van der Waals surface area contributed by atoms with E-state index in [0.717, 1.165) is 31.5 Å². The molecule has 1 aromatic carbocycles. The molecule has 0 saturated carbocycles. The van der Waals surface area contributed by atoms with E-state index in [2.05, 4.69) is 4.90 Å². The molecule has 0 unspecified atom stereocenters. The first-order chi connectivity index (χ1) is 9.85. The highest BCUT2D eigenvalue weighted by atomic mass is 32.2. The summed E-state index contributed by atoms with van der Waals surface area (Å²) in [5.41, 5.74) is 8.28. The van der Waals surface area contributed by atoms with Crippen LogP contribution in [0.15, 0.2) is 18.2 Å². The second-order valence-electron chi connectivity index (χ2n) is 5.75. The fourth-order valence-corrected chi connectivity index (χ4v) is 2.91. The Morgan fingerprint density at radius 3 is 2.57 bits per heavy atom. The van der Waals surface area contributed by atoms with Gasteiger partial charge in [0.2, 0.25) is 0 Å². The maximum atomic E-state index is 11.1. The number of sulfone groups is 1. The highest BCUT2D eigenvalue weighted by Gasteiger charge is 2.17. The Morgan fingerprint density at radius 1 is 1.33 bits per heavy atom. The fraction of sp³-hybridized carbons (Fsp3) is 0.600. The van der Waals surface area contributed by atoms with Gasteiger partial charge in [-0.15, -0.1) is 0 Å². The average molecular weight is 312 g/mol. The molecule has 0 aromatic heterocycles. The minimum Gasteiger partial charge on any atom is -0.493 e. The maximum Gasteiger partial charge on any atom is 0.150 e. The first kappa shape index (κ1) is 16.1. The number of hydrogen-bond acceptors (Lipinski definition) is 5. The summed E-state index contributed by atoms with van der Waals surface area (Å²) < 4.78 is 27.7. The first-order valence-corrected chi connectivity index (χ1v) is 9.33. The van der Waals surface area contributed by atoms with Crippen LogP contribution in [0.2, 0.25) is 0 Å². The number of rotatable bonds is 5. The second-order valence-corrected chi connectivity index (χ2v) is 8.01. The molecule has 0 amide bonds. The van der Waals surface area contributed by atoms with Gasteiger partial charge in [0.1, 0.15) is 12.4 Å². The highest BCUT2D eigenvalue weighted by molar-refractivity contribution is 7.90. The van der Waals surface area contributed by atoms with Gasteiger partial charge in [0.15, 0.2) is 9.84 Å². The number of nitrogens with two attached hydrogens (primary N) is 1. The molecule has 21 heavy (non-hydrogen) atoms. The molecule has 0 bridgehead atoms. The lowest BCUT2D eigenvalue weighted by Crippen LogP contribution is -2.39. The van der Waals surface area contributed by atoms with Gasteiger partial charge in [0.05, 0.1) is 5.75 Å². The van der Waals surface area contributed by atoms with E-state index in [9.17, 15) is 8.42 Å². The van der Waals surface area contributed by atoms with Gasteiger partial charge < -0.3 is 15.4 Å². The largest absolute Gasteiger partial charge is 0.493 e. The highest BCUT2D eigenvalue weighted by Crippen LogP contribution is 2.27. The van der Waals surface area contributed by atoms with Crippen LogP contribution in [0.3, 0.4) is 0 Å². The predicted molar refractivity (Wildman–Crippen MR) is 85.8 cm³/mol. The van der Waals surface area contributed by atoms with Crippen molar-refractivity contribution in [3.8, 4) is 5.75 Å². The molecule has 1 aliphatic rings. The van der Waals surface area contributed by atoms with Gasteiger partial charge in [-0.2, -0.15) is 0 Å². The lowest BCUT2D eigenvalue weighted by atomic mass is 10.0. The zero-order valence-corrected chi connectivity index (χ0v) is 13.5. The van der Waals surface area contributed by atoms with Crippen LogP contribution in [0.5, 0.6) is 5.75 Å². The van der Waals surface area contributed by atoms with Crippen molar-refractivity contribution in [2.75, 3.05) is 36.6 Å². The molecule has 1 aromatic rings. The summed E-state index contributed by atoms with van der Waals surface area (Å²) >= 11 is 0. The van der Waals surface area contributed by atoms with Crippen molar-refractivity contribution in [2.45, 2.75) is 25.8 Å². The molecule has 2 rings (SSSR count). The third-order valence-corrected chi connectivity index (χ3v) is 4.68. The van der Waals surface area contributed by atoms with Gasteiger partial charge >= 0.3 is 0 Å². The standard InChI is InChI=1S/C15H24N2O3S/c1-12-11-14(20-9-10-21(2,18)19)3-4-15(12)17-7-5-13(16)6-8-17/h3-4,11,13H,5-10,16H2,1-2H3. The number of anilines is 1. The molecule has 1 saturated heterocycles. The Bertz CT molecular complexity index is 579. The normalized spacial score (nSPS) is 17.0. The summed E-state index contributed by atoms with van der Waals surface area (Å²) in [7, 11) is -2.98. The fourth-order valence-electron chi connectivity index (χ4n) is 2.52. The molecular weight excluding hydrogens is 288 g/mol. The molecule has 0 radical (unpaired) electrons. The summed E-state index contributed by atoms with van der Waals surface area (Å²) in [5.74, 6) is 0.756. The Kier molecular flexibility index (Phi) is 5.11. The van der Waals surface area contributed by atoms with Crippen LogP contribution in [0.1, 0.15) is 18.4 Å². The lowest BCUT2D eigenvalue weighted by Gasteiger charge is -2.33. The zero-order valence-electron chi connectivity index (χ0n) is 12.7. The Hall–Kier alpha value is -1.27. The number of ether oxygens (including phenoxy) is 1. The van der Waals surface area contributed by atoms with Gasteiger partial charge in [-0.25, -0.2) is 8.42 Å². The average Bonchev–Trinajstić information content (AvgIpc) is 2.39. The summed E-state index contributed by atoms with van der Waals surface area (Å²) in [6.07, 6.45) is 3.25. The van der Waals surface area contributed by atoms with Crippen molar-refractivity contribution < 1.29 is 13.2 Å². The SMILES string of the molecule is Cc1cc(OCCS(C)(=O)=O)ccc1N1CCC(N)CC1. The van der Waals surface area contributed by atoms with Crippen LogP contribution in [-0.4, -0.2) is 46.2 Å². The Labute approximate surface area is 127 Å². The van der Waals surface area contributed by atoms with Gasteiger partial charge in [-0.3, -0.25) is 0 Å². The molecular formula is C15H24N2O3S. The lowest BCUT2D eigenvalue weighted by molar-refractivity contribution is 0.341. The van der Waals surface area contributed by atoms with E-state index in [1.807, 2.05) is 25.1 Å². The summed E-state index contributed by atoms with van der Waals surface area (Å²) in [6, 6.07) is 6.23. The van der Waals surface area contributed by atoms with Gasteiger partial charge in [0.25, 0.3) is 0 Å². The van der Waals surface area contributed by atoms with E-state index in [1.165, 1.54) is 11.9 Å². The van der Waals surface area contributed by atoms with Gasteiger partial charge in [-0.05, 0) is 43.5 Å². The van der Waals surface area contributed by atoms with E-state index in [1.54, 1.807) is 0 Å². The van der Waals surface area contributed by atoms with E-state index in [-0.39, 0.29) is 12.4 Å². The quantitative estimate of drug-likeness (QED) is 0.888. The first-order valence-electron chi connectivity index (χ1n) is 7.27. The molecule has 1 heterocycles. The van der Waals surface area contributed by atoms with E-state index in [0.29, 0.717) is 11.8 Å². The summed E-state index contributed by atoms with van der Waals surface area (Å²) in [6.45, 7) is 4.20. The molecule has 1 fully saturated rings. The number of hydrogen-bond donors (Lipinski definition) is 1. The minimum atomic E-state index is -2.98. The third-order valence-electron chi connectivity index (χ3n) is 3.77. The summed E-state index contributed by atoms with van der Waals surface area (Å²) in [4.78, 5) is 2.35. The van der Waals surface area contributed by atoms with Crippen molar-refractivity contribution in [3.05, 3.63) is 23.8 Å². The Morgan fingerprint density at radius 2 is 2.00 bits per heavy atom. The molecule has 6 heteroatoms. The van der Waals surface area contributed by atoms with Crippen molar-refractivity contribution in [1.82, 2.24) is 0 Å². The van der Waals surface area contributed by atoms with Crippen LogP contribution in [0.4, 0.5) is 5.69 Å². The van der Waals surface area contributed by atoms with Crippen LogP contribution in [0, 0.1) is 6.92 Å². The van der Waals surface area contributed by atoms with Crippen molar-refractivity contribution in [3.63, 3.8) is 0 Å². The van der Waals surface area contributed by atoms with Crippen molar-refractivity contribution in [1.29, 1.82) is 0 Å². The number of benzene rings is 1. The van der Waals surface area contributed by atoms with E-state index in [4.69, 9.17) is 10.5 Å². The number of piperidine rings is 1. The smallest absolute Gasteiger partial charge is 0.150 e. The van der Waals surface area contributed by atoms with Crippen molar-refractivity contribution in [2.24, 2.45) is 5.73 Å². The maximum absolute atomic E-state index is 11.1. The topological polar surface area (TPSA) is 72.6 Å². The monoisotopic (exact) mass is 312 g/mol. The number of nitrogens with zero attached hydrogens (tertiary/aromatic N) is 1. The molecule has 2 N–H and O–H groups in total. The van der Waals surface area contributed by atoms with E-state index < -0.39 is 9.84 Å². The zero-order chi connectivity index (χ0) is 15.5. The van der Waals surface area contributed by atoms with Gasteiger partial charge in [0, 0.05) is 31.1 Å². The van der Waals surface area contributed by atoms with Crippen LogP contribution in [-0.2, 0) is 9.84 Å². The van der Waals surface area contributed by atoms with Crippen molar-refractivity contribution >= 4 is 15.5 Å². The molecule has 0 atom stereocenters. The molecule has 118 valence electrons. The predicted octanol–water partition coefficient (Wildman–Crippen LogP) is 1.35. The molecule has 0 spiro atoms. The van der Waals surface area contributed by atoms with E-state index >= 15 is 0 Å². The molecule has 5 nitrogen and oxygen atoms in total. The molecule has 0 aliphatic carbocycles. The van der Waals surface area contributed by atoms with Crippen LogP contribution >= 0.6 is 0 Å².